The zero-order valence-corrected chi connectivity index (χ0v) is 14.9. The summed E-state index contributed by atoms with van der Waals surface area (Å²) in [6, 6.07) is 3.84. The summed E-state index contributed by atoms with van der Waals surface area (Å²) < 4.78 is 5.60. The van der Waals surface area contributed by atoms with Crippen LogP contribution in [0.4, 0.5) is 0 Å². The SMILES string of the molecule is Cc1nc2cc3nn(-c4c(C)c(C)c(C)c(C)c4C)nc3cc2o1. The highest BCUT2D eigenvalue weighted by atomic mass is 16.3. The monoisotopic (exact) mass is 320 g/mol. The van der Waals surface area contributed by atoms with Crippen LogP contribution in [0.25, 0.3) is 27.8 Å². The van der Waals surface area contributed by atoms with E-state index in [4.69, 9.17) is 14.6 Å². The van der Waals surface area contributed by atoms with Gasteiger partial charge in [0.15, 0.2) is 11.5 Å². The second-order valence-electron chi connectivity index (χ2n) is 6.50. The molecule has 0 amide bonds. The Bertz CT molecular complexity index is 1040. The quantitative estimate of drug-likeness (QED) is 0.521. The van der Waals surface area contributed by atoms with Gasteiger partial charge in [0.25, 0.3) is 0 Å². The van der Waals surface area contributed by atoms with Gasteiger partial charge >= 0.3 is 0 Å². The average Bonchev–Trinajstić information content (AvgIpc) is 3.09. The molecular formula is C19H20N4O. The Morgan fingerprint density at radius 1 is 0.708 bits per heavy atom. The highest BCUT2D eigenvalue weighted by Gasteiger charge is 2.17. The predicted molar refractivity (Wildman–Crippen MR) is 94.9 cm³/mol. The first-order valence-electron chi connectivity index (χ1n) is 8.08. The molecule has 0 aliphatic heterocycles. The minimum absolute atomic E-state index is 0.655. The molecule has 0 fully saturated rings. The molecule has 0 radical (unpaired) electrons. The van der Waals surface area contributed by atoms with Crippen molar-refractivity contribution in [2.45, 2.75) is 41.5 Å². The van der Waals surface area contributed by atoms with E-state index >= 15 is 0 Å². The normalized spacial score (nSPS) is 11.8. The van der Waals surface area contributed by atoms with Crippen molar-refractivity contribution in [1.29, 1.82) is 0 Å². The van der Waals surface area contributed by atoms with Crippen LogP contribution in [-0.4, -0.2) is 20.0 Å². The van der Waals surface area contributed by atoms with Crippen LogP contribution >= 0.6 is 0 Å². The first-order chi connectivity index (χ1) is 11.4. The van der Waals surface area contributed by atoms with Crippen molar-refractivity contribution in [2.75, 3.05) is 0 Å². The number of nitrogens with zero attached hydrogens (tertiary/aromatic N) is 4. The Labute approximate surface area is 140 Å². The summed E-state index contributed by atoms with van der Waals surface area (Å²) in [4.78, 5) is 6.13. The van der Waals surface area contributed by atoms with Crippen molar-refractivity contribution in [2.24, 2.45) is 0 Å². The van der Waals surface area contributed by atoms with Crippen LogP contribution in [0.1, 0.15) is 33.7 Å². The number of benzene rings is 2. The molecule has 0 bridgehead atoms. The van der Waals surface area contributed by atoms with Crippen LogP contribution in [0.2, 0.25) is 0 Å². The number of hydrogen-bond acceptors (Lipinski definition) is 4. The van der Waals surface area contributed by atoms with Gasteiger partial charge in [0, 0.05) is 13.0 Å². The lowest BCUT2D eigenvalue weighted by Crippen LogP contribution is -2.08. The Balaban J connectivity index is 2.00. The number of rotatable bonds is 1. The molecule has 0 aliphatic carbocycles. The Kier molecular flexibility index (Phi) is 3.04. The van der Waals surface area contributed by atoms with Gasteiger partial charge in [-0.05, 0) is 68.5 Å². The molecule has 122 valence electrons. The molecule has 0 unspecified atom stereocenters. The lowest BCUT2D eigenvalue weighted by molar-refractivity contribution is 0.561. The number of fused-ring (bicyclic) bond motifs is 2. The van der Waals surface area contributed by atoms with Crippen LogP contribution < -0.4 is 0 Å². The number of hydrogen-bond donors (Lipinski definition) is 0. The van der Waals surface area contributed by atoms with E-state index in [2.05, 4.69) is 39.6 Å². The van der Waals surface area contributed by atoms with Gasteiger partial charge < -0.3 is 4.42 Å². The van der Waals surface area contributed by atoms with E-state index in [0.29, 0.717) is 5.89 Å². The molecule has 0 saturated heterocycles. The van der Waals surface area contributed by atoms with Crippen LogP contribution in [0.3, 0.4) is 0 Å². The maximum Gasteiger partial charge on any atom is 0.192 e. The maximum absolute atomic E-state index is 5.60. The number of oxazole rings is 1. The first kappa shape index (κ1) is 14.9. The highest BCUT2D eigenvalue weighted by molar-refractivity contribution is 5.89. The summed E-state index contributed by atoms with van der Waals surface area (Å²) in [5.74, 6) is 0.655. The fourth-order valence-corrected chi connectivity index (χ4v) is 3.33. The van der Waals surface area contributed by atoms with Gasteiger partial charge in [-0.2, -0.15) is 0 Å². The molecule has 0 spiro atoms. The van der Waals surface area contributed by atoms with Gasteiger partial charge in [-0.15, -0.1) is 15.0 Å². The molecule has 2 aromatic heterocycles. The minimum atomic E-state index is 0.655. The summed E-state index contributed by atoms with van der Waals surface area (Å²) in [5.41, 5.74) is 10.6. The molecule has 2 aromatic carbocycles. The Morgan fingerprint density at radius 2 is 1.25 bits per heavy atom. The van der Waals surface area contributed by atoms with E-state index in [-0.39, 0.29) is 0 Å². The largest absolute Gasteiger partial charge is 0.441 e. The van der Waals surface area contributed by atoms with Crippen LogP contribution in [0, 0.1) is 41.5 Å². The predicted octanol–water partition coefficient (Wildman–Crippen LogP) is 4.41. The molecular weight excluding hydrogens is 300 g/mol. The molecule has 24 heavy (non-hydrogen) atoms. The molecule has 4 aromatic rings. The fourth-order valence-electron chi connectivity index (χ4n) is 3.33. The van der Waals surface area contributed by atoms with Gasteiger partial charge in [-0.3, -0.25) is 0 Å². The molecule has 0 saturated carbocycles. The lowest BCUT2D eigenvalue weighted by atomic mass is 9.93. The average molecular weight is 320 g/mol. The van der Waals surface area contributed by atoms with Crippen LogP contribution in [0.5, 0.6) is 0 Å². The smallest absolute Gasteiger partial charge is 0.192 e. The van der Waals surface area contributed by atoms with Crippen molar-refractivity contribution < 1.29 is 4.42 Å². The fraction of sp³-hybridized carbons (Fsp3) is 0.316. The second-order valence-corrected chi connectivity index (χ2v) is 6.50. The minimum Gasteiger partial charge on any atom is -0.441 e. The highest BCUT2D eigenvalue weighted by Crippen LogP contribution is 2.29. The molecule has 2 heterocycles. The van der Waals surface area contributed by atoms with E-state index in [9.17, 15) is 0 Å². The van der Waals surface area contributed by atoms with Crippen LogP contribution in [0.15, 0.2) is 16.5 Å². The van der Waals surface area contributed by atoms with Crippen molar-refractivity contribution in [3.8, 4) is 5.69 Å². The maximum atomic E-state index is 5.60. The van der Waals surface area contributed by atoms with Gasteiger partial charge in [-0.25, -0.2) is 4.98 Å². The zero-order chi connectivity index (χ0) is 17.2. The van der Waals surface area contributed by atoms with Gasteiger partial charge in [-0.1, -0.05) is 0 Å². The standard InChI is InChI=1S/C19H20N4O/c1-9-10(2)12(4)19(13(5)11(9)3)23-21-15-7-17-18(8-16(15)22-23)24-14(6)20-17/h7-8H,1-6H3. The Morgan fingerprint density at radius 3 is 1.88 bits per heavy atom. The van der Waals surface area contributed by atoms with Crippen molar-refractivity contribution in [3.05, 3.63) is 45.8 Å². The molecule has 5 heteroatoms. The lowest BCUT2D eigenvalue weighted by Gasteiger charge is -2.17. The summed E-state index contributed by atoms with van der Waals surface area (Å²) in [7, 11) is 0. The van der Waals surface area contributed by atoms with E-state index in [1.165, 1.54) is 27.8 Å². The van der Waals surface area contributed by atoms with Crippen molar-refractivity contribution in [1.82, 2.24) is 20.0 Å². The molecule has 0 N–H and O–H groups in total. The van der Waals surface area contributed by atoms with Gasteiger partial charge in [0.2, 0.25) is 0 Å². The summed E-state index contributed by atoms with van der Waals surface area (Å²) in [6.45, 7) is 12.6. The molecule has 5 nitrogen and oxygen atoms in total. The summed E-state index contributed by atoms with van der Waals surface area (Å²) >= 11 is 0. The summed E-state index contributed by atoms with van der Waals surface area (Å²) in [6.07, 6.45) is 0. The van der Waals surface area contributed by atoms with Crippen molar-refractivity contribution >= 4 is 22.1 Å². The van der Waals surface area contributed by atoms with Gasteiger partial charge in [0.05, 0.1) is 5.69 Å². The molecule has 0 aliphatic rings. The summed E-state index contributed by atoms with van der Waals surface area (Å²) in [5, 5.41) is 9.39. The van der Waals surface area contributed by atoms with Crippen molar-refractivity contribution in [3.63, 3.8) is 0 Å². The zero-order valence-electron chi connectivity index (χ0n) is 14.9. The van der Waals surface area contributed by atoms with E-state index in [0.717, 1.165) is 27.8 Å². The molecule has 0 atom stereocenters. The third-order valence-corrected chi connectivity index (χ3v) is 5.16. The number of aromatic nitrogens is 4. The topological polar surface area (TPSA) is 56.7 Å². The second kappa shape index (κ2) is 4.90. The third kappa shape index (κ3) is 1.97. The first-order valence-corrected chi connectivity index (χ1v) is 8.08. The van der Waals surface area contributed by atoms with E-state index < -0.39 is 0 Å². The van der Waals surface area contributed by atoms with E-state index in [1.54, 1.807) is 4.80 Å². The third-order valence-electron chi connectivity index (χ3n) is 5.16. The number of aryl methyl sites for hydroxylation is 1. The molecule has 4 rings (SSSR count). The van der Waals surface area contributed by atoms with Gasteiger partial charge in [0.1, 0.15) is 16.6 Å². The van der Waals surface area contributed by atoms with Crippen LogP contribution in [-0.2, 0) is 0 Å². The van der Waals surface area contributed by atoms with E-state index in [1.807, 2.05) is 19.1 Å². The Hall–Kier alpha value is -2.69.